The second kappa shape index (κ2) is 12.4. The lowest BCUT2D eigenvalue weighted by atomic mass is 9.93. The summed E-state index contributed by atoms with van der Waals surface area (Å²) >= 11 is 12.5. The largest absolute Gasteiger partial charge is 0.466 e. The molecule has 1 fully saturated rings. The van der Waals surface area contributed by atoms with E-state index in [0.717, 1.165) is 0 Å². The predicted octanol–water partition coefficient (Wildman–Crippen LogP) is 4.34. The minimum Gasteiger partial charge on any atom is -0.466 e. The van der Waals surface area contributed by atoms with Gasteiger partial charge in [0.05, 0.1) is 30.7 Å². The van der Waals surface area contributed by atoms with Crippen LogP contribution in [0.5, 0.6) is 0 Å². The Hall–Kier alpha value is -2.55. The molecule has 1 aromatic rings. The molecule has 0 unspecified atom stereocenters. The fourth-order valence-electron chi connectivity index (χ4n) is 4.41. The number of halogens is 2. The van der Waals surface area contributed by atoms with Gasteiger partial charge in [0.2, 0.25) is 0 Å². The van der Waals surface area contributed by atoms with Crippen molar-refractivity contribution in [2.45, 2.75) is 32.7 Å². The number of likely N-dealkylation sites (tertiary alicyclic amines) is 1. The number of hydrogen-bond donors (Lipinski definition) is 1. The maximum atomic E-state index is 13.2. The van der Waals surface area contributed by atoms with E-state index in [1.165, 1.54) is 4.90 Å². The summed E-state index contributed by atoms with van der Waals surface area (Å²) in [6.07, 6.45) is 2.88. The number of carbonyl (C=O) groups is 3. The summed E-state index contributed by atoms with van der Waals surface area (Å²) in [5, 5.41) is 3.67. The fourth-order valence-corrected chi connectivity index (χ4v) is 4.93. The van der Waals surface area contributed by atoms with Crippen LogP contribution in [0.1, 0.15) is 38.3 Å². The number of ether oxygens (including phenoxy) is 2. The minimum atomic E-state index is -0.806. The maximum absolute atomic E-state index is 13.2. The van der Waals surface area contributed by atoms with Gasteiger partial charge in [-0.3, -0.25) is 14.6 Å². The lowest BCUT2D eigenvalue weighted by Crippen LogP contribution is -2.51. The second-order valence-corrected chi connectivity index (χ2v) is 9.17. The van der Waals surface area contributed by atoms with Crippen molar-refractivity contribution in [3.05, 3.63) is 57.7 Å². The van der Waals surface area contributed by atoms with Gasteiger partial charge in [0, 0.05) is 28.8 Å². The first-order valence-corrected chi connectivity index (χ1v) is 12.5. The molecule has 35 heavy (non-hydrogen) atoms. The standard InChI is InChI=1S/C25H31Cl2N3O5/c1-4-11-30-20(15-29-12-9-16(10-13-29)23(31)34-5-2)21(24(32)35-6-3)22(28-25(30)33)18-8-7-17(26)14-19(18)27/h4,7-8,14,16,22H,1,5-6,9-13,15H2,2-3H3,(H,28,33)/t22-/m1/s1. The zero-order valence-electron chi connectivity index (χ0n) is 20.0. The molecule has 2 aliphatic rings. The highest BCUT2D eigenvalue weighted by Gasteiger charge is 2.39. The molecule has 0 radical (unpaired) electrons. The Labute approximate surface area is 215 Å². The number of amides is 2. The van der Waals surface area contributed by atoms with Crippen molar-refractivity contribution in [3.8, 4) is 0 Å². The summed E-state index contributed by atoms with van der Waals surface area (Å²) in [7, 11) is 0. The van der Waals surface area contributed by atoms with Gasteiger partial charge in [-0.25, -0.2) is 9.59 Å². The molecule has 1 atom stereocenters. The third-order valence-corrected chi connectivity index (χ3v) is 6.66. The predicted molar refractivity (Wildman–Crippen MR) is 134 cm³/mol. The highest BCUT2D eigenvalue weighted by Crippen LogP contribution is 2.36. The molecule has 0 aliphatic carbocycles. The van der Waals surface area contributed by atoms with Crippen LogP contribution in [0.2, 0.25) is 10.0 Å². The van der Waals surface area contributed by atoms with Crippen LogP contribution in [-0.2, 0) is 19.1 Å². The number of piperidine rings is 1. The number of benzene rings is 1. The van der Waals surface area contributed by atoms with Crippen molar-refractivity contribution < 1.29 is 23.9 Å². The number of hydrogen-bond acceptors (Lipinski definition) is 6. The quantitative estimate of drug-likeness (QED) is 0.382. The fraction of sp³-hybridized carbons (Fsp3) is 0.480. The van der Waals surface area contributed by atoms with Gasteiger partial charge in [0.25, 0.3) is 0 Å². The van der Waals surface area contributed by atoms with Gasteiger partial charge < -0.3 is 14.8 Å². The molecule has 0 saturated carbocycles. The Morgan fingerprint density at radius 3 is 2.46 bits per heavy atom. The van der Waals surface area contributed by atoms with E-state index in [-0.39, 0.29) is 31.1 Å². The lowest BCUT2D eigenvalue weighted by molar-refractivity contribution is -0.149. The van der Waals surface area contributed by atoms with Crippen molar-refractivity contribution in [2.24, 2.45) is 5.92 Å². The lowest BCUT2D eigenvalue weighted by Gasteiger charge is -2.39. The zero-order valence-corrected chi connectivity index (χ0v) is 21.5. The smallest absolute Gasteiger partial charge is 0.338 e. The van der Waals surface area contributed by atoms with Crippen LogP contribution in [0.3, 0.4) is 0 Å². The number of esters is 2. The molecule has 0 spiro atoms. The van der Waals surface area contributed by atoms with E-state index in [9.17, 15) is 14.4 Å². The molecule has 10 heteroatoms. The van der Waals surface area contributed by atoms with Gasteiger partial charge in [-0.15, -0.1) is 6.58 Å². The molecule has 1 saturated heterocycles. The molecule has 1 N–H and O–H groups in total. The highest BCUT2D eigenvalue weighted by atomic mass is 35.5. The normalized spacial score (nSPS) is 19.4. The molecule has 8 nitrogen and oxygen atoms in total. The second-order valence-electron chi connectivity index (χ2n) is 8.33. The molecule has 3 rings (SSSR count). The Bertz CT molecular complexity index is 1000. The van der Waals surface area contributed by atoms with E-state index in [4.69, 9.17) is 32.7 Å². The molecular weight excluding hydrogens is 493 g/mol. The van der Waals surface area contributed by atoms with Gasteiger partial charge in [-0.1, -0.05) is 35.3 Å². The van der Waals surface area contributed by atoms with Gasteiger partial charge in [0.15, 0.2) is 0 Å². The average molecular weight is 524 g/mol. The van der Waals surface area contributed by atoms with E-state index in [1.807, 2.05) is 0 Å². The van der Waals surface area contributed by atoms with Gasteiger partial charge >= 0.3 is 18.0 Å². The summed E-state index contributed by atoms with van der Waals surface area (Å²) in [4.78, 5) is 42.2. The van der Waals surface area contributed by atoms with E-state index >= 15 is 0 Å². The van der Waals surface area contributed by atoms with Crippen LogP contribution in [0.4, 0.5) is 4.79 Å². The Morgan fingerprint density at radius 1 is 1.17 bits per heavy atom. The highest BCUT2D eigenvalue weighted by molar-refractivity contribution is 6.35. The van der Waals surface area contributed by atoms with E-state index in [1.54, 1.807) is 38.1 Å². The number of nitrogens with one attached hydrogen (secondary N) is 1. The summed E-state index contributed by atoms with van der Waals surface area (Å²) in [6, 6.07) is 3.75. The summed E-state index contributed by atoms with van der Waals surface area (Å²) in [5.41, 5.74) is 1.38. The summed E-state index contributed by atoms with van der Waals surface area (Å²) in [6.45, 7) is 9.61. The van der Waals surface area contributed by atoms with Gasteiger partial charge in [0.1, 0.15) is 0 Å². The number of nitrogens with zero attached hydrogens (tertiary/aromatic N) is 2. The van der Waals surface area contributed by atoms with Crippen molar-refractivity contribution in [1.29, 1.82) is 0 Å². The van der Waals surface area contributed by atoms with Gasteiger partial charge in [-0.2, -0.15) is 0 Å². The topological polar surface area (TPSA) is 88.2 Å². The monoisotopic (exact) mass is 523 g/mol. The Balaban J connectivity index is 1.99. The molecule has 2 aliphatic heterocycles. The SMILES string of the molecule is C=CCN1C(=O)N[C@H](c2ccc(Cl)cc2Cl)C(C(=O)OCC)=C1CN1CCC(C(=O)OCC)CC1. The number of carbonyl (C=O) groups excluding carboxylic acids is 3. The molecule has 2 heterocycles. The van der Waals surface area contributed by atoms with E-state index in [2.05, 4.69) is 16.8 Å². The number of rotatable bonds is 9. The third-order valence-electron chi connectivity index (χ3n) is 6.10. The summed E-state index contributed by atoms with van der Waals surface area (Å²) < 4.78 is 10.6. The van der Waals surface area contributed by atoms with Crippen molar-refractivity contribution in [3.63, 3.8) is 0 Å². The van der Waals surface area contributed by atoms with Gasteiger partial charge in [-0.05, 0) is 57.5 Å². The first-order valence-electron chi connectivity index (χ1n) is 11.7. The minimum absolute atomic E-state index is 0.149. The van der Waals surface area contributed by atoms with E-state index < -0.39 is 12.0 Å². The Morgan fingerprint density at radius 2 is 1.86 bits per heavy atom. The molecule has 0 aromatic heterocycles. The molecular formula is C25H31Cl2N3O5. The van der Waals surface area contributed by atoms with Crippen molar-refractivity contribution in [2.75, 3.05) is 39.4 Å². The Kier molecular flexibility index (Phi) is 9.60. The van der Waals surface area contributed by atoms with Crippen LogP contribution >= 0.6 is 23.2 Å². The van der Waals surface area contributed by atoms with E-state index in [0.29, 0.717) is 66.0 Å². The van der Waals surface area contributed by atoms with Crippen molar-refractivity contribution >= 4 is 41.2 Å². The summed E-state index contributed by atoms with van der Waals surface area (Å²) in [5.74, 6) is -0.861. The first-order chi connectivity index (χ1) is 16.8. The number of urea groups is 1. The zero-order chi connectivity index (χ0) is 25.5. The van der Waals surface area contributed by atoms with Crippen molar-refractivity contribution in [1.82, 2.24) is 15.1 Å². The van der Waals surface area contributed by atoms with Crippen LogP contribution in [0, 0.1) is 5.92 Å². The molecule has 0 bridgehead atoms. The van der Waals surface area contributed by atoms with Crippen LogP contribution in [0.15, 0.2) is 42.1 Å². The first kappa shape index (κ1) is 27.0. The van der Waals surface area contributed by atoms with Crippen LogP contribution in [-0.4, -0.2) is 67.2 Å². The average Bonchev–Trinajstić information content (AvgIpc) is 2.82. The molecule has 1 aromatic carbocycles. The molecule has 2 amide bonds. The maximum Gasteiger partial charge on any atom is 0.338 e. The van der Waals surface area contributed by atoms with Crippen LogP contribution in [0.25, 0.3) is 0 Å². The van der Waals surface area contributed by atoms with Crippen LogP contribution < -0.4 is 5.32 Å². The molecule has 190 valence electrons. The third kappa shape index (κ3) is 6.37.